The molecule has 0 saturated carbocycles. The molecule has 114 valence electrons. The van der Waals surface area contributed by atoms with Crippen molar-refractivity contribution in [2.75, 3.05) is 39.3 Å². The molecule has 1 aromatic carbocycles. The summed E-state index contributed by atoms with van der Waals surface area (Å²) in [6.07, 6.45) is 2.10. The topological polar surface area (TPSA) is 99.5 Å². The van der Waals surface area contributed by atoms with Gasteiger partial charge in [0.05, 0.1) is 42.7 Å². The van der Waals surface area contributed by atoms with Crippen molar-refractivity contribution in [1.29, 1.82) is 0 Å². The molecule has 2 rings (SSSR count). The number of aromatic amines is 1. The molecule has 0 aliphatic carbocycles. The van der Waals surface area contributed by atoms with Crippen LogP contribution in [0.3, 0.4) is 0 Å². The number of nitrogens with one attached hydrogen (secondary N) is 1. The molecule has 1 aromatic heterocycles. The minimum absolute atomic E-state index is 0.218. The zero-order valence-electron chi connectivity index (χ0n) is 11.9. The van der Waals surface area contributed by atoms with Gasteiger partial charge in [0.1, 0.15) is 5.75 Å². The zero-order valence-corrected chi connectivity index (χ0v) is 11.9. The number of nitrogens with zero attached hydrogens (tertiary/aromatic N) is 1. The Morgan fingerprint density at radius 1 is 1.24 bits per heavy atom. The van der Waals surface area contributed by atoms with Crippen LogP contribution >= 0.6 is 0 Å². The number of nitrogen functional groups attached to an aromatic ring is 1. The maximum atomic E-state index is 11.6. The first-order valence-electron chi connectivity index (χ1n) is 6.69. The largest absolute Gasteiger partial charge is 0.491 e. The number of fused-ring (bicyclic) bond motifs is 1. The first-order valence-corrected chi connectivity index (χ1v) is 6.69. The highest BCUT2D eigenvalue weighted by molar-refractivity contribution is 5.84. The second-order valence-corrected chi connectivity index (χ2v) is 4.45. The van der Waals surface area contributed by atoms with Crippen molar-refractivity contribution in [2.45, 2.75) is 6.42 Å². The van der Waals surface area contributed by atoms with Gasteiger partial charge in [-0.15, -0.1) is 0 Å². The summed E-state index contributed by atoms with van der Waals surface area (Å²) in [5, 5.41) is 0.449. The van der Waals surface area contributed by atoms with Gasteiger partial charge in [0.2, 0.25) is 0 Å². The van der Waals surface area contributed by atoms with Gasteiger partial charge in [-0.2, -0.15) is 0 Å². The average Bonchev–Trinajstić information content (AvgIpc) is 2.48. The maximum Gasteiger partial charge on any atom is 0.258 e. The minimum Gasteiger partial charge on any atom is -0.491 e. The average molecular weight is 293 g/mol. The predicted molar refractivity (Wildman–Crippen MR) is 79.6 cm³/mol. The summed E-state index contributed by atoms with van der Waals surface area (Å²) in [6.45, 7) is 2.22. The van der Waals surface area contributed by atoms with Crippen LogP contribution in [-0.2, 0) is 9.47 Å². The Morgan fingerprint density at radius 2 is 2.10 bits per heavy atom. The Kier molecular flexibility index (Phi) is 5.53. The fourth-order valence-corrected chi connectivity index (χ4v) is 1.83. The molecule has 0 unspecified atom stereocenters. The van der Waals surface area contributed by atoms with E-state index in [1.807, 2.05) is 0 Å². The standard InChI is InChI=1S/C14H19N3O4/c1-19-5-6-20-3-2-4-21-13-8-12-10(7-11(13)15)14(18)17-9-16-12/h7-9H,2-6,15H2,1H3,(H,16,17,18). The summed E-state index contributed by atoms with van der Waals surface area (Å²) < 4.78 is 15.8. The van der Waals surface area contributed by atoms with Gasteiger partial charge >= 0.3 is 0 Å². The van der Waals surface area contributed by atoms with E-state index in [-0.39, 0.29) is 5.56 Å². The van der Waals surface area contributed by atoms with E-state index in [1.165, 1.54) is 6.33 Å². The Labute approximate surface area is 122 Å². The number of nitrogens with two attached hydrogens (primary N) is 1. The van der Waals surface area contributed by atoms with Crippen molar-refractivity contribution in [3.8, 4) is 5.75 Å². The number of methoxy groups -OCH3 is 1. The van der Waals surface area contributed by atoms with Crippen LogP contribution in [0.25, 0.3) is 10.9 Å². The van der Waals surface area contributed by atoms with E-state index in [0.29, 0.717) is 48.8 Å². The molecule has 1 heterocycles. The van der Waals surface area contributed by atoms with E-state index in [2.05, 4.69) is 9.97 Å². The van der Waals surface area contributed by atoms with Gasteiger partial charge in [0, 0.05) is 26.2 Å². The molecule has 0 bridgehead atoms. The molecule has 7 heteroatoms. The molecular weight excluding hydrogens is 274 g/mol. The second kappa shape index (κ2) is 7.61. The summed E-state index contributed by atoms with van der Waals surface area (Å²) in [7, 11) is 1.63. The summed E-state index contributed by atoms with van der Waals surface area (Å²) in [6, 6.07) is 3.25. The lowest BCUT2D eigenvalue weighted by molar-refractivity contribution is 0.0645. The molecule has 2 aromatic rings. The third kappa shape index (κ3) is 4.17. The summed E-state index contributed by atoms with van der Waals surface area (Å²) >= 11 is 0. The highest BCUT2D eigenvalue weighted by Gasteiger charge is 2.06. The zero-order chi connectivity index (χ0) is 15.1. The number of anilines is 1. The molecule has 0 amide bonds. The summed E-state index contributed by atoms with van der Waals surface area (Å²) in [5.74, 6) is 0.525. The maximum absolute atomic E-state index is 11.6. The highest BCUT2D eigenvalue weighted by atomic mass is 16.5. The van der Waals surface area contributed by atoms with Crippen LogP contribution in [0.5, 0.6) is 5.75 Å². The van der Waals surface area contributed by atoms with Crippen LogP contribution in [0.4, 0.5) is 5.69 Å². The van der Waals surface area contributed by atoms with E-state index >= 15 is 0 Å². The molecule has 0 radical (unpaired) electrons. The summed E-state index contributed by atoms with van der Waals surface area (Å²) in [4.78, 5) is 18.2. The molecule has 0 aliphatic heterocycles. The van der Waals surface area contributed by atoms with E-state index in [4.69, 9.17) is 19.9 Å². The van der Waals surface area contributed by atoms with Crippen molar-refractivity contribution in [2.24, 2.45) is 0 Å². The Morgan fingerprint density at radius 3 is 2.90 bits per heavy atom. The van der Waals surface area contributed by atoms with Crippen molar-refractivity contribution in [3.05, 3.63) is 28.8 Å². The fourth-order valence-electron chi connectivity index (χ4n) is 1.83. The van der Waals surface area contributed by atoms with Crippen LogP contribution in [0.2, 0.25) is 0 Å². The van der Waals surface area contributed by atoms with Crippen LogP contribution < -0.4 is 16.0 Å². The van der Waals surface area contributed by atoms with Crippen molar-refractivity contribution in [3.63, 3.8) is 0 Å². The second-order valence-electron chi connectivity index (χ2n) is 4.45. The lowest BCUT2D eigenvalue weighted by atomic mass is 10.2. The third-order valence-corrected chi connectivity index (χ3v) is 2.89. The Bertz CT molecular complexity index is 642. The lowest BCUT2D eigenvalue weighted by Gasteiger charge is -2.10. The number of aromatic nitrogens is 2. The van der Waals surface area contributed by atoms with Gasteiger partial charge in [0.25, 0.3) is 5.56 Å². The Balaban J connectivity index is 1.90. The first kappa shape index (κ1) is 15.3. The van der Waals surface area contributed by atoms with Crippen molar-refractivity contribution >= 4 is 16.6 Å². The van der Waals surface area contributed by atoms with E-state index in [0.717, 1.165) is 6.42 Å². The van der Waals surface area contributed by atoms with Gasteiger partial charge in [-0.3, -0.25) is 4.79 Å². The smallest absolute Gasteiger partial charge is 0.258 e. The Hall–Kier alpha value is -2.12. The van der Waals surface area contributed by atoms with Gasteiger partial charge in [0.15, 0.2) is 0 Å². The molecule has 7 nitrogen and oxygen atoms in total. The number of ether oxygens (including phenoxy) is 3. The van der Waals surface area contributed by atoms with Gasteiger partial charge in [-0.1, -0.05) is 0 Å². The van der Waals surface area contributed by atoms with Gasteiger partial charge in [-0.25, -0.2) is 4.98 Å². The molecule has 0 spiro atoms. The van der Waals surface area contributed by atoms with Crippen LogP contribution in [0.1, 0.15) is 6.42 Å². The molecular formula is C14H19N3O4. The van der Waals surface area contributed by atoms with Crippen LogP contribution in [-0.4, -0.2) is 43.5 Å². The number of benzene rings is 1. The fraction of sp³-hybridized carbons (Fsp3) is 0.429. The van der Waals surface area contributed by atoms with Crippen molar-refractivity contribution in [1.82, 2.24) is 9.97 Å². The number of rotatable bonds is 8. The molecule has 21 heavy (non-hydrogen) atoms. The minimum atomic E-state index is -0.218. The monoisotopic (exact) mass is 293 g/mol. The number of hydrogen-bond acceptors (Lipinski definition) is 6. The van der Waals surface area contributed by atoms with E-state index in [1.54, 1.807) is 19.2 Å². The molecule has 3 N–H and O–H groups in total. The summed E-state index contributed by atoms with van der Waals surface area (Å²) in [5.41, 5.74) is 6.64. The molecule has 0 fully saturated rings. The molecule has 0 aliphatic rings. The van der Waals surface area contributed by atoms with Crippen molar-refractivity contribution < 1.29 is 14.2 Å². The third-order valence-electron chi connectivity index (χ3n) is 2.89. The quantitative estimate of drug-likeness (QED) is 0.555. The predicted octanol–water partition coefficient (Wildman–Crippen LogP) is 0.937. The molecule has 0 atom stereocenters. The van der Waals surface area contributed by atoms with Gasteiger partial charge in [-0.05, 0) is 6.07 Å². The van der Waals surface area contributed by atoms with E-state index in [9.17, 15) is 4.79 Å². The lowest BCUT2D eigenvalue weighted by Crippen LogP contribution is -2.09. The SMILES string of the molecule is COCCOCCCOc1cc2nc[nH]c(=O)c2cc1N. The van der Waals surface area contributed by atoms with Gasteiger partial charge < -0.3 is 24.9 Å². The molecule has 0 saturated heterocycles. The number of hydrogen-bond donors (Lipinski definition) is 2. The highest BCUT2D eigenvalue weighted by Crippen LogP contribution is 2.25. The normalized spacial score (nSPS) is 10.9. The number of H-pyrrole nitrogens is 1. The van der Waals surface area contributed by atoms with E-state index < -0.39 is 0 Å². The first-order chi connectivity index (χ1) is 10.2. The van der Waals surface area contributed by atoms with Crippen LogP contribution in [0, 0.1) is 0 Å². The van der Waals surface area contributed by atoms with Crippen LogP contribution in [0.15, 0.2) is 23.3 Å².